The SMILES string of the molecule is [CH3].c1c[nH]cn1. The van der Waals surface area contributed by atoms with Crippen molar-refractivity contribution in [1.29, 1.82) is 0 Å². The fourth-order valence-corrected chi connectivity index (χ4v) is 0.215. The van der Waals surface area contributed by atoms with E-state index in [-0.39, 0.29) is 7.43 Å². The van der Waals surface area contributed by atoms with Crippen LogP contribution < -0.4 is 0 Å². The van der Waals surface area contributed by atoms with Gasteiger partial charge in [0.2, 0.25) is 0 Å². The largest absolute Gasteiger partial charge is 0.351 e. The van der Waals surface area contributed by atoms with Crippen molar-refractivity contribution in [3.63, 3.8) is 0 Å². The molecule has 0 bridgehead atoms. The molecule has 1 aromatic heterocycles. The van der Waals surface area contributed by atoms with Crippen LogP contribution in [0.3, 0.4) is 0 Å². The fourth-order valence-electron chi connectivity index (χ4n) is 0.215. The third kappa shape index (κ3) is 0.885. The third-order valence-electron chi connectivity index (χ3n) is 0.406. The van der Waals surface area contributed by atoms with Gasteiger partial charge in [0.05, 0.1) is 6.33 Å². The van der Waals surface area contributed by atoms with Gasteiger partial charge in [0.1, 0.15) is 0 Å². The Bertz CT molecular complexity index is 62.0. The third-order valence-corrected chi connectivity index (χ3v) is 0.406. The van der Waals surface area contributed by atoms with Crippen molar-refractivity contribution in [3.05, 3.63) is 26.1 Å². The summed E-state index contributed by atoms with van der Waals surface area (Å²) in [5, 5.41) is 0. The van der Waals surface area contributed by atoms with Crippen molar-refractivity contribution in [2.75, 3.05) is 0 Å². The van der Waals surface area contributed by atoms with Crippen molar-refractivity contribution in [1.82, 2.24) is 9.97 Å². The van der Waals surface area contributed by atoms with Crippen LogP contribution in [-0.2, 0) is 0 Å². The van der Waals surface area contributed by atoms with E-state index in [2.05, 4.69) is 9.97 Å². The van der Waals surface area contributed by atoms with Crippen molar-refractivity contribution in [2.45, 2.75) is 0 Å². The monoisotopic (exact) mass is 83.1 g/mol. The van der Waals surface area contributed by atoms with E-state index in [1.165, 1.54) is 0 Å². The number of aromatic nitrogens is 2. The Labute approximate surface area is 37.2 Å². The van der Waals surface area contributed by atoms with E-state index in [9.17, 15) is 0 Å². The molecule has 0 saturated carbocycles. The maximum absolute atomic E-state index is 3.67. The Morgan fingerprint density at radius 1 is 1.50 bits per heavy atom. The van der Waals surface area contributed by atoms with E-state index < -0.39 is 0 Å². The van der Waals surface area contributed by atoms with Gasteiger partial charge in [-0.05, 0) is 0 Å². The van der Waals surface area contributed by atoms with E-state index in [4.69, 9.17) is 0 Å². The number of H-pyrrole nitrogens is 1. The van der Waals surface area contributed by atoms with Crippen molar-refractivity contribution in [2.24, 2.45) is 0 Å². The Kier molecular flexibility index (Phi) is 2.13. The fraction of sp³-hybridized carbons (Fsp3) is 0. The summed E-state index contributed by atoms with van der Waals surface area (Å²) in [6, 6.07) is 0. The van der Waals surface area contributed by atoms with Gasteiger partial charge >= 0.3 is 0 Å². The first-order chi connectivity index (χ1) is 2.50. The first kappa shape index (κ1) is 5.21. The first-order valence-electron chi connectivity index (χ1n) is 1.43. The number of nitrogens with one attached hydrogen (secondary N) is 1. The Morgan fingerprint density at radius 3 is 2.50 bits per heavy atom. The van der Waals surface area contributed by atoms with Crippen LogP contribution in [0.4, 0.5) is 0 Å². The molecule has 2 nitrogen and oxygen atoms in total. The minimum atomic E-state index is 0. The highest BCUT2D eigenvalue weighted by molar-refractivity contribution is 4.64. The number of hydrogen-bond donors (Lipinski definition) is 1. The minimum absolute atomic E-state index is 0. The second kappa shape index (κ2) is 2.45. The van der Waals surface area contributed by atoms with E-state index in [0.29, 0.717) is 0 Å². The van der Waals surface area contributed by atoms with Crippen LogP contribution in [0.15, 0.2) is 18.7 Å². The summed E-state index contributed by atoms with van der Waals surface area (Å²) in [7, 11) is 0. The lowest BCUT2D eigenvalue weighted by Crippen LogP contribution is -1.44. The Hall–Kier alpha value is -0.790. The molecule has 0 aliphatic carbocycles. The molecule has 1 radical (unpaired) electrons. The van der Waals surface area contributed by atoms with Crippen LogP contribution in [-0.4, -0.2) is 9.97 Å². The number of rotatable bonds is 0. The lowest BCUT2D eigenvalue weighted by molar-refractivity contribution is 1.31. The zero-order valence-electron chi connectivity index (χ0n) is 3.68. The van der Waals surface area contributed by atoms with Gasteiger partial charge in [0, 0.05) is 12.4 Å². The quantitative estimate of drug-likeness (QED) is 0.495. The van der Waals surface area contributed by atoms with Gasteiger partial charge < -0.3 is 4.98 Å². The van der Waals surface area contributed by atoms with Gasteiger partial charge in [0.25, 0.3) is 0 Å². The normalized spacial score (nSPS) is 6.67. The van der Waals surface area contributed by atoms with Crippen molar-refractivity contribution in [3.8, 4) is 0 Å². The molecule has 0 unspecified atom stereocenters. The Balaban J connectivity index is 0.000000250. The molecule has 1 heterocycles. The molecule has 0 fully saturated rings. The molecule has 1 N–H and O–H groups in total. The predicted octanol–water partition coefficient (Wildman–Crippen LogP) is 0.860. The molecule has 0 amide bonds. The minimum Gasteiger partial charge on any atom is -0.351 e. The van der Waals surface area contributed by atoms with Crippen molar-refractivity contribution < 1.29 is 0 Å². The predicted molar refractivity (Wildman–Crippen MR) is 25.0 cm³/mol. The van der Waals surface area contributed by atoms with E-state index >= 15 is 0 Å². The van der Waals surface area contributed by atoms with Crippen LogP contribution in [0.5, 0.6) is 0 Å². The van der Waals surface area contributed by atoms with Crippen LogP contribution in [0.1, 0.15) is 0 Å². The molecule has 6 heavy (non-hydrogen) atoms. The maximum atomic E-state index is 3.67. The molecule has 0 aromatic carbocycles. The molecular weight excluding hydrogens is 76.1 g/mol. The van der Waals surface area contributed by atoms with E-state index in [1.807, 2.05) is 0 Å². The maximum Gasteiger partial charge on any atom is 0.0919 e. The van der Waals surface area contributed by atoms with Crippen LogP contribution in [0.2, 0.25) is 0 Å². The van der Waals surface area contributed by atoms with Gasteiger partial charge in [-0.1, -0.05) is 7.43 Å². The summed E-state index contributed by atoms with van der Waals surface area (Å²) in [5.41, 5.74) is 0. The zero-order valence-corrected chi connectivity index (χ0v) is 3.68. The number of imidazole rings is 1. The summed E-state index contributed by atoms with van der Waals surface area (Å²) in [6.45, 7) is 0. The number of hydrogen-bond acceptors (Lipinski definition) is 1. The lowest BCUT2D eigenvalue weighted by atomic mass is 11.0. The molecule has 2 heteroatoms. The summed E-state index contributed by atoms with van der Waals surface area (Å²) < 4.78 is 0. The van der Waals surface area contributed by atoms with Gasteiger partial charge in [0.15, 0.2) is 0 Å². The molecular formula is C4H7N2. The average molecular weight is 83.1 g/mol. The first-order valence-corrected chi connectivity index (χ1v) is 1.43. The second-order valence-electron chi connectivity index (χ2n) is 0.761. The highest BCUT2D eigenvalue weighted by Crippen LogP contribution is 1.62. The summed E-state index contributed by atoms with van der Waals surface area (Å²) in [4.78, 5) is 6.42. The summed E-state index contributed by atoms with van der Waals surface area (Å²) in [5.74, 6) is 0. The molecule has 0 aliphatic heterocycles. The summed E-state index contributed by atoms with van der Waals surface area (Å²) in [6.07, 6.45) is 5.08. The Morgan fingerprint density at radius 2 is 2.33 bits per heavy atom. The molecule has 33 valence electrons. The van der Waals surface area contributed by atoms with Gasteiger partial charge in [-0.15, -0.1) is 0 Å². The summed E-state index contributed by atoms with van der Waals surface area (Å²) >= 11 is 0. The van der Waals surface area contributed by atoms with Crippen LogP contribution in [0, 0.1) is 7.43 Å². The number of nitrogens with zero attached hydrogens (tertiary/aromatic N) is 1. The molecule has 0 saturated heterocycles. The van der Waals surface area contributed by atoms with E-state index in [1.54, 1.807) is 18.7 Å². The molecule has 1 rings (SSSR count). The van der Waals surface area contributed by atoms with Crippen LogP contribution in [0.25, 0.3) is 0 Å². The molecule has 0 spiro atoms. The lowest BCUT2D eigenvalue weighted by Gasteiger charge is -1.46. The number of aromatic amines is 1. The average Bonchev–Trinajstić information content (AvgIpc) is 1.76. The topological polar surface area (TPSA) is 28.7 Å². The highest BCUT2D eigenvalue weighted by atomic mass is 14.8. The molecule has 1 aromatic rings. The zero-order chi connectivity index (χ0) is 3.54. The van der Waals surface area contributed by atoms with Crippen molar-refractivity contribution >= 4 is 0 Å². The second-order valence-corrected chi connectivity index (χ2v) is 0.761. The van der Waals surface area contributed by atoms with Gasteiger partial charge in [-0.25, -0.2) is 4.98 Å². The standard InChI is InChI=1S/C3H4N2.CH3/c1-2-5-3-4-1;/h1-3H,(H,4,5);1H3. The molecule has 0 atom stereocenters. The molecule has 0 aliphatic rings. The van der Waals surface area contributed by atoms with Crippen LogP contribution >= 0.6 is 0 Å². The van der Waals surface area contributed by atoms with Gasteiger partial charge in [-0.3, -0.25) is 0 Å². The smallest absolute Gasteiger partial charge is 0.0919 e. The van der Waals surface area contributed by atoms with Gasteiger partial charge in [-0.2, -0.15) is 0 Å². The highest BCUT2D eigenvalue weighted by Gasteiger charge is 1.56. The van der Waals surface area contributed by atoms with E-state index in [0.717, 1.165) is 0 Å².